The molecular formula is C19H25N5O. The standard InChI is InChI=1S/C19H25N5O/c1-23-12-14-24(15-13-23)11-5-10-22-19(25)16-6-4-9-21-18(16)17-7-2-3-8-20-17/h2-4,6-9H,5,10-15H2,1H3,(H,22,25). The highest BCUT2D eigenvalue weighted by atomic mass is 16.1. The number of likely N-dealkylation sites (N-methyl/N-ethyl adjacent to an activating group) is 1. The second kappa shape index (κ2) is 8.69. The van der Waals surface area contributed by atoms with Crippen LogP contribution in [0.15, 0.2) is 42.7 Å². The van der Waals surface area contributed by atoms with E-state index in [9.17, 15) is 4.79 Å². The van der Waals surface area contributed by atoms with E-state index in [0.717, 1.165) is 39.1 Å². The highest BCUT2D eigenvalue weighted by Crippen LogP contribution is 2.18. The van der Waals surface area contributed by atoms with E-state index in [-0.39, 0.29) is 5.91 Å². The van der Waals surface area contributed by atoms with Crippen LogP contribution in [0.5, 0.6) is 0 Å². The van der Waals surface area contributed by atoms with Gasteiger partial charge in [0.25, 0.3) is 5.91 Å². The number of nitrogens with one attached hydrogen (secondary N) is 1. The highest BCUT2D eigenvalue weighted by Gasteiger charge is 2.15. The Morgan fingerprint density at radius 1 is 1.08 bits per heavy atom. The van der Waals surface area contributed by atoms with Crippen LogP contribution in [0.1, 0.15) is 16.8 Å². The SMILES string of the molecule is CN1CCN(CCCNC(=O)c2cccnc2-c2ccccn2)CC1. The minimum atomic E-state index is -0.0906. The lowest BCUT2D eigenvalue weighted by Gasteiger charge is -2.32. The maximum Gasteiger partial charge on any atom is 0.253 e. The summed E-state index contributed by atoms with van der Waals surface area (Å²) in [6.45, 7) is 6.15. The number of hydrogen-bond donors (Lipinski definition) is 1. The normalized spacial score (nSPS) is 15.9. The van der Waals surface area contributed by atoms with Crippen molar-refractivity contribution in [2.45, 2.75) is 6.42 Å². The maximum atomic E-state index is 12.5. The highest BCUT2D eigenvalue weighted by molar-refractivity contribution is 5.99. The van der Waals surface area contributed by atoms with Crippen molar-refractivity contribution in [1.82, 2.24) is 25.1 Å². The van der Waals surface area contributed by atoms with E-state index in [1.807, 2.05) is 18.2 Å². The van der Waals surface area contributed by atoms with E-state index in [4.69, 9.17) is 0 Å². The Hall–Kier alpha value is -2.31. The molecule has 0 aliphatic carbocycles. The molecule has 3 rings (SSSR count). The van der Waals surface area contributed by atoms with Crippen LogP contribution in [0.2, 0.25) is 0 Å². The first kappa shape index (κ1) is 17.5. The molecule has 1 fully saturated rings. The van der Waals surface area contributed by atoms with Crippen molar-refractivity contribution in [2.75, 3.05) is 46.3 Å². The zero-order valence-electron chi connectivity index (χ0n) is 14.7. The van der Waals surface area contributed by atoms with Gasteiger partial charge in [-0.15, -0.1) is 0 Å². The number of piperazine rings is 1. The van der Waals surface area contributed by atoms with Gasteiger partial charge in [0.2, 0.25) is 0 Å². The van der Waals surface area contributed by atoms with Gasteiger partial charge in [-0.2, -0.15) is 0 Å². The first-order valence-electron chi connectivity index (χ1n) is 8.79. The molecule has 1 N–H and O–H groups in total. The van der Waals surface area contributed by atoms with Crippen molar-refractivity contribution in [3.63, 3.8) is 0 Å². The van der Waals surface area contributed by atoms with Crippen LogP contribution in [0.25, 0.3) is 11.4 Å². The topological polar surface area (TPSA) is 61.4 Å². The van der Waals surface area contributed by atoms with E-state index in [1.165, 1.54) is 0 Å². The number of rotatable bonds is 6. The average molecular weight is 339 g/mol. The van der Waals surface area contributed by atoms with Crippen molar-refractivity contribution >= 4 is 5.91 Å². The molecule has 2 aromatic rings. The fraction of sp³-hybridized carbons (Fsp3) is 0.421. The Balaban J connectivity index is 1.52. The lowest BCUT2D eigenvalue weighted by Crippen LogP contribution is -2.45. The zero-order chi connectivity index (χ0) is 17.5. The predicted octanol–water partition coefficient (Wildman–Crippen LogP) is 1.51. The molecule has 3 heterocycles. The Bertz CT molecular complexity index is 683. The van der Waals surface area contributed by atoms with Crippen LogP contribution in [-0.2, 0) is 0 Å². The van der Waals surface area contributed by atoms with Crippen LogP contribution in [0.3, 0.4) is 0 Å². The molecule has 0 aromatic carbocycles. The smallest absolute Gasteiger partial charge is 0.253 e. The van der Waals surface area contributed by atoms with E-state index in [1.54, 1.807) is 24.5 Å². The van der Waals surface area contributed by atoms with Gasteiger partial charge in [0.15, 0.2) is 0 Å². The number of hydrogen-bond acceptors (Lipinski definition) is 5. The number of carbonyl (C=O) groups is 1. The summed E-state index contributed by atoms with van der Waals surface area (Å²) in [5.74, 6) is -0.0906. The number of nitrogens with zero attached hydrogens (tertiary/aromatic N) is 4. The third-order valence-electron chi connectivity index (χ3n) is 4.49. The van der Waals surface area contributed by atoms with Gasteiger partial charge in [-0.05, 0) is 44.3 Å². The number of amides is 1. The van der Waals surface area contributed by atoms with Gasteiger partial charge in [0, 0.05) is 45.1 Å². The molecule has 2 aromatic heterocycles. The van der Waals surface area contributed by atoms with Crippen molar-refractivity contribution in [1.29, 1.82) is 0 Å². The van der Waals surface area contributed by atoms with Crippen LogP contribution in [0.4, 0.5) is 0 Å². The molecule has 132 valence electrons. The first-order valence-corrected chi connectivity index (χ1v) is 8.79. The quantitative estimate of drug-likeness (QED) is 0.809. The van der Waals surface area contributed by atoms with Crippen molar-refractivity contribution < 1.29 is 4.79 Å². The molecule has 1 aliphatic heterocycles. The summed E-state index contributed by atoms with van der Waals surface area (Å²) in [6, 6.07) is 9.20. The molecule has 0 unspecified atom stereocenters. The lowest BCUT2D eigenvalue weighted by atomic mass is 10.1. The molecule has 0 spiro atoms. The third kappa shape index (κ3) is 4.84. The third-order valence-corrected chi connectivity index (χ3v) is 4.49. The summed E-state index contributed by atoms with van der Waals surface area (Å²) in [5.41, 5.74) is 1.91. The van der Waals surface area contributed by atoms with E-state index < -0.39 is 0 Å². The second-order valence-corrected chi connectivity index (χ2v) is 6.37. The molecule has 1 aliphatic rings. The average Bonchev–Trinajstić information content (AvgIpc) is 2.67. The lowest BCUT2D eigenvalue weighted by molar-refractivity contribution is 0.0949. The minimum Gasteiger partial charge on any atom is -0.352 e. The Kier molecular flexibility index (Phi) is 6.09. The van der Waals surface area contributed by atoms with E-state index in [2.05, 4.69) is 32.1 Å². The minimum absolute atomic E-state index is 0.0906. The molecule has 0 saturated carbocycles. The van der Waals surface area contributed by atoms with E-state index >= 15 is 0 Å². The van der Waals surface area contributed by atoms with Crippen molar-refractivity contribution in [3.8, 4) is 11.4 Å². The zero-order valence-corrected chi connectivity index (χ0v) is 14.7. The molecule has 1 amide bonds. The molecule has 0 bridgehead atoms. The summed E-state index contributed by atoms with van der Waals surface area (Å²) in [5, 5.41) is 3.01. The molecule has 1 saturated heterocycles. The fourth-order valence-electron chi connectivity index (χ4n) is 2.97. The second-order valence-electron chi connectivity index (χ2n) is 6.37. The summed E-state index contributed by atoms with van der Waals surface area (Å²) >= 11 is 0. The Morgan fingerprint density at radius 2 is 1.88 bits per heavy atom. The van der Waals surface area contributed by atoms with Crippen LogP contribution in [0, 0.1) is 0 Å². The maximum absolute atomic E-state index is 12.5. The van der Waals surface area contributed by atoms with Gasteiger partial charge in [-0.3, -0.25) is 14.8 Å². The number of pyridine rings is 2. The van der Waals surface area contributed by atoms with Crippen LogP contribution >= 0.6 is 0 Å². The van der Waals surface area contributed by atoms with Gasteiger partial charge in [0.1, 0.15) is 5.69 Å². The summed E-state index contributed by atoms with van der Waals surface area (Å²) in [7, 11) is 2.16. The van der Waals surface area contributed by atoms with Gasteiger partial charge >= 0.3 is 0 Å². The van der Waals surface area contributed by atoms with Crippen molar-refractivity contribution in [3.05, 3.63) is 48.3 Å². The van der Waals surface area contributed by atoms with Gasteiger partial charge in [-0.25, -0.2) is 0 Å². The molecule has 6 heteroatoms. The number of carbonyl (C=O) groups excluding carboxylic acids is 1. The molecule has 0 atom stereocenters. The van der Waals surface area contributed by atoms with Crippen LogP contribution < -0.4 is 5.32 Å². The van der Waals surface area contributed by atoms with Gasteiger partial charge in [0.05, 0.1) is 11.3 Å². The fourth-order valence-corrected chi connectivity index (χ4v) is 2.97. The van der Waals surface area contributed by atoms with Crippen molar-refractivity contribution in [2.24, 2.45) is 0 Å². The van der Waals surface area contributed by atoms with E-state index in [0.29, 0.717) is 23.5 Å². The summed E-state index contributed by atoms with van der Waals surface area (Å²) in [6.07, 6.45) is 4.35. The Morgan fingerprint density at radius 3 is 2.64 bits per heavy atom. The van der Waals surface area contributed by atoms with Crippen LogP contribution in [-0.4, -0.2) is 72.0 Å². The first-order chi connectivity index (χ1) is 12.2. The summed E-state index contributed by atoms with van der Waals surface area (Å²) in [4.78, 5) is 26.0. The predicted molar refractivity (Wildman–Crippen MR) is 98.4 cm³/mol. The Labute approximate surface area is 148 Å². The molecular weight excluding hydrogens is 314 g/mol. The van der Waals surface area contributed by atoms with Gasteiger partial charge in [-0.1, -0.05) is 6.07 Å². The van der Waals surface area contributed by atoms with Gasteiger partial charge < -0.3 is 15.1 Å². The molecule has 25 heavy (non-hydrogen) atoms. The monoisotopic (exact) mass is 339 g/mol. The molecule has 0 radical (unpaired) electrons. The largest absolute Gasteiger partial charge is 0.352 e. The number of aromatic nitrogens is 2. The summed E-state index contributed by atoms with van der Waals surface area (Å²) < 4.78 is 0. The molecule has 6 nitrogen and oxygen atoms in total.